The van der Waals surface area contributed by atoms with Crippen molar-refractivity contribution in [3.05, 3.63) is 12.2 Å². The molecule has 0 heterocycles. The van der Waals surface area contributed by atoms with Crippen LogP contribution in [0, 0.1) is 0 Å². The first-order valence-electron chi connectivity index (χ1n) is 6.82. The molecule has 0 aliphatic heterocycles. The molecule has 0 aromatic heterocycles. The van der Waals surface area contributed by atoms with Gasteiger partial charge in [-0.2, -0.15) is 0 Å². The summed E-state index contributed by atoms with van der Waals surface area (Å²) in [6.45, 7) is 7.12. The van der Waals surface area contributed by atoms with Crippen molar-refractivity contribution < 1.29 is 14.6 Å². The van der Waals surface area contributed by atoms with Gasteiger partial charge in [0, 0.05) is 13.2 Å². The zero-order valence-electron chi connectivity index (χ0n) is 11.5. The first-order chi connectivity index (χ1) is 8.26. The Balaban J connectivity index is 3.75. The van der Waals surface area contributed by atoms with E-state index in [-0.39, 0.29) is 0 Å². The molecule has 0 fully saturated rings. The van der Waals surface area contributed by atoms with Crippen molar-refractivity contribution in [1.82, 2.24) is 0 Å². The lowest BCUT2D eigenvalue weighted by atomic mass is 10.1. The minimum absolute atomic E-state index is 0.495. The highest BCUT2D eigenvalue weighted by atomic mass is 16.7. The Morgan fingerprint density at radius 3 is 2.18 bits per heavy atom. The third-order valence-corrected chi connectivity index (χ3v) is 2.49. The van der Waals surface area contributed by atoms with Gasteiger partial charge >= 0.3 is 0 Å². The molecule has 0 aromatic rings. The molecule has 0 aliphatic rings. The monoisotopic (exact) mass is 244 g/mol. The van der Waals surface area contributed by atoms with Crippen LogP contribution in [-0.2, 0) is 9.47 Å². The summed E-state index contributed by atoms with van der Waals surface area (Å²) < 4.78 is 10.7. The largest absolute Gasteiger partial charge is 0.388 e. The topological polar surface area (TPSA) is 38.7 Å². The molecule has 17 heavy (non-hydrogen) atoms. The van der Waals surface area contributed by atoms with Crippen molar-refractivity contribution in [2.45, 2.75) is 65.3 Å². The second-order valence-corrected chi connectivity index (χ2v) is 4.05. The van der Waals surface area contributed by atoms with Crippen molar-refractivity contribution in [1.29, 1.82) is 0 Å². The number of ether oxygens (including phenoxy) is 2. The number of hydrogen-bond acceptors (Lipinski definition) is 3. The van der Waals surface area contributed by atoms with Gasteiger partial charge in [0.1, 0.15) is 6.10 Å². The smallest absolute Gasteiger partial charge is 0.183 e. The van der Waals surface area contributed by atoms with Gasteiger partial charge in [-0.3, -0.25) is 0 Å². The van der Waals surface area contributed by atoms with Gasteiger partial charge in [0.15, 0.2) is 6.29 Å². The van der Waals surface area contributed by atoms with Crippen LogP contribution in [0.1, 0.15) is 52.9 Å². The van der Waals surface area contributed by atoms with Crippen LogP contribution in [0.3, 0.4) is 0 Å². The van der Waals surface area contributed by atoms with Gasteiger partial charge in [-0.25, -0.2) is 0 Å². The summed E-state index contributed by atoms with van der Waals surface area (Å²) in [5.41, 5.74) is 0. The van der Waals surface area contributed by atoms with Crippen LogP contribution in [0.4, 0.5) is 0 Å². The Kier molecular flexibility index (Phi) is 11.8. The molecular formula is C14H28O3. The third-order valence-electron chi connectivity index (χ3n) is 2.49. The SMILES string of the molecule is CCCCC/C=C\CC(O)C(OCC)OCC. The minimum atomic E-state index is -0.572. The average Bonchev–Trinajstić information content (AvgIpc) is 2.33. The highest BCUT2D eigenvalue weighted by Crippen LogP contribution is 2.08. The first-order valence-corrected chi connectivity index (χ1v) is 6.82. The lowest BCUT2D eigenvalue weighted by molar-refractivity contribution is -0.188. The molecule has 0 aromatic carbocycles. The lowest BCUT2D eigenvalue weighted by Gasteiger charge is -2.21. The van der Waals surface area contributed by atoms with Gasteiger partial charge in [-0.1, -0.05) is 31.9 Å². The fraction of sp³-hybridized carbons (Fsp3) is 0.857. The number of allylic oxidation sites excluding steroid dienone is 1. The van der Waals surface area contributed by atoms with E-state index in [2.05, 4.69) is 13.0 Å². The zero-order chi connectivity index (χ0) is 12.9. The maximum atomic E-state index is 9.87. The molecular weight excluding hydrogens is 216 g/mol. The van der Waals surface area contributed by atoms with E-state index in [1.807, 2.05) is 19.9 Å². The van der Waals surface area contributed by atoms with Gasteiger partial charge < -0.3 is 14.6 Å². The summed E-state index contributed by atoms with van der Waals surface area (Å²) in [6.07, 6.45) is 8.51. The van der Waals surface area contributed by atoms with E-state index in [1.54, 1.807) is 0 Å². The predicted molar refractivity (Wildman–Crippen MR) is 70.9 cm³/mol. The van der Waals surface area contributed by atoms with Crippen molar-refractivity contribution in [3.63, 3.8) is 0 Å². The van der Waals surface area contributed by atoms with E-state index in [0.717, 1.165) is 6.42 Å². The Hall–Kier alpha value is -0.380. The summed E-state index contributed by atoms with van der Waals surface area (Å²) >= 11 is 0. The van der Waals surface area contributed by atoms with E-state index < -0.39 is 12.4 Å². The highest BCUT2D eigenvalue weighted by molar-refractivity contribution is 4.85. The molecule has 3 nitrogen and oxygen atoms in total. The molecule has 0 rings (SSSR count). The van der Waals surface area contributed by atoms with Crippen molar-refractivity contribution >= 4 is 0 Å². The van der Waals surface area contributed by atoms with E-state index in [9.17, 15) is 5.11 Å². The average molecular weight is 244 g/mol. The lowest BCUT2D eigenvalue weighted by Crippen LogP contribution is -2.31. The fourth-order valence-electron chi connectivity index (χ4n) is 1.58. The Morgan fingerprint density at radius 1 is 1.00 bits per heavy atom. The van der Waals surface area contributed by atoms with Crippen LogP contribution in [0.25, 0.3) is 0 Å². The van der Waals surface area contributed by atoms with Gasteiger partial charge in [-0.15, -0.1) is 0 Å². The van der Waals surface area contributed by atoms with Crippen molar-refractivity contribution in [3.8, 4) is 0 Å². The van der Waals surface area contributed by atoms with Gasteiger partial charge in [0.05, 0.1) is 0 Å². The van der Waals surface area contributed by atoms with Crippen LogP contribution < -0.4 is 0 Å². The van der Waals surface area contributed by atoms with Crippen molar-refractivity contribution in [2.75, 3.05) is 13.2 Å². The van der Waals surface area contributed by atoms with Gasteiger partial charge in [0.2, 0.25) is 0 Å². The number of unbranched alkanes of at least 4 members (excludes halogenated alkanes) is 3. The van der Waals surface area contributed by atoms with Crippen LogP contribution in [0.15, 0.2) is 12.2 Å². The van der Waals surface area contributed by atoms with Crippen LogP contribution in [-0.4, -0.2) is 30.7 Å². The number of aliphatic hydroxyl groups excluding tert-OH is 1. The quantitative estimate of drug-likeness (QED) is 0.344. The van der Waals surface area contributed by atoms with Gasteiger partial charge in [0.25, 0.3) is 0 Å². The summed E-state index contributed by atoms with van der Waals surface area (Å²) in [7, 11) is 0. The third kappa shape index (κ3) is 9.33. The molecule has 3 heteroatoms. The van der Waals surface area contributed by atoms with E-state index in [4.69, 9.17) is 9.47 Å². The second kappa shape index (κ2) is 12.1. The maximum absolute atomic E-state index is 9.87. The first kappa shape index (κ1) is 16.6. The molecule has 1 atom stereocenters. The normalized spacial score (nSPS) is 13.7. The summed E-state index contributed by atoms with van der Waals surface area (Å²) in [5.74, 6) is 0. The molecule has 0 saturated carbocycles. The second-order valence-electron chi connectivity index (χ2n) is 4.05. The van der Waals surface area contributed by atoms with Crippen LogP contribution >= 0.6 is 0 Å². The molecule has 0 bridgehead atoms. The minimum Gasteiger partial charge on any atom is -0.388 e. The Morgan fingerprint density at radius 2 is 1.65 bits per heavy atom. The van der Waals surface area contributed by atoms with E-state index in [1.165, 1.54) is 19.3 Å². The molecule has 0 aliphatic carbocycles. The maximum Gasteiger partial charge on any atom is 0.183 e. The molecule has 1 unspecified atom stereocenters. The molecule has 0 amide bonds. The molecule has 0 saturated heterocycles. The molecule has 1 N–H and O–H groups in total. The highest BCUT2D eigenvalue weighted by Gasteiger charge is 2.17. The predicted octanol–water partition coefficient (Wildman–Crippen LogP) is 3.27. The Labute approximate surface area is 106 Å². The number of aliphatic hydroxyl groups is 1. The van der Waals surface area contributed by atoms with Crippen LogP contribution in [0.5, 0.6) is 0 Å². The van der Waals surface area contributed by atoms with Crippen LogP contribution in [0.2, 0.25) is 0 Å². The Bertz CT molecular complexity index is 174. The summed E-state index contributed by atoms with van der Waals surface area (Å²) in [6, 6.07) is 0. The molecule has 102 valence electrons. The number of rotatable bonds is 11. The number of hydrogen-bond donors (Lipinski definition) is 1. The van der Waals surface area contributed by atoms with Gasteiger partial charge in [-0.05, 0) is 33.1 Å². The summed E-state index contributed by atoms with van der Waals surface area (Å²) in [4.78, 5) is 0. The molecule has 0 radical (unpaired) electrons. The van der Waals surface area contributed by atoms with Crippen molar-refractivity contribution in [2.24, 2.45) is 0 Å². The van der Waals surface area contributed by atoms with E-state index >= 15 is 0 Å². The zero-order valence-corrected chi connectivity index (χ0v) is 11.5. The molecule has 0 spiro atoms. The van der Waals surface area contributed by atoms with E-state index in [0.29, 0.717) is 19.6 Å². The summed E-state index contributed by atoms with van der Waals surface area (Å²) in [5, 5.41) is 9.87. The standard InChI is InChI=1S/C14H28O3/c1-4-7-8-9-10-11-12-13(15)14(16-5-2)17-6-3/h10-11,13-15H,4-9,12H2,1-3H3/b11-10-. The fourth-order valence-corrected chi connectivity index (χ4v) is 1.58.